The van der Waals surface area contributed by atoms with Crippen molar-refractivity contribution in [1.29, 1.82) is 0 Å². The van der Waals surface area contributed by atoms with Gasteiger partial charge in [-0.1, -0.05) is 61.0 Å². The SMILES string of the molecule is CCO/N=C1/N=CNC2(C3CCCCCCC3)C1CCN2[C@@H]1O[C@H]([C@H](O)c2ccc(Cl)cc2)[C@@](C)(O)[C@H]1O. The van der Waals surface area contributed by atoms with E-state index in [0.717, 1.165) is 32.1 Å². The van der Waals surface area contributed by atoms with Crippen LogP contribution in [-0.4, -0.2) is 75.2 Å². The number of aliphatic hydroxyl groups excluding tert-OH is 2. The number of likely N-dealkylation sites (tertiary alicyclic amines) is 1. The van der Waals surface area contributed by atoms with E-state index in [0.29, 0.717) is 29.6 Å². The molecule has 210 valence electrons. The van der Waals surface area contributed by atoms with E-state index in [1.807, 2.05) is 6.92 Å². The first-order valence-electron chi connectivity index (χ1n) is 14.1. The molecule has 2 saturated heterocycles. The molecule has 4 aliphatic rings. The van der Waals surface area contributed by atoms with E-state index in [1.54, 1.807) is 30.6 Å². The van der Waals surface area contributed by atoms with E-state index in [2.05, 4.69) is 20.4 Å². The maximum Gasteiger partial charge on any atom is 0.176 e. The molecule has 0 spiro atoms. The number of fused-ring (bicyclic) bond motifs is 1. The van der Waals surface area contributed by atoms with Gasteiger partial charge in [-0.25, -0.2) is 4.99 Å². The zero-order valence-electron chi connectivity index (χ0n) is 22.3. The molecule has 2 unspecified atom stereocenters. The number of hydrogen-bond acceptors (Lipinski definition) is 8. The summed E-state index contributed by atoms with van der Waals surface area (Å²) in [6.07, 6.45) is 6.20. The fourth-order valence-electron chi connectivity index (χ4n) is 7.06. The van der Waals surface area contributed by atoms with E-state index in [4.69, 9.17) is 21.2 Å². The summed E-state index contributed by atoms with van der Waals surface area (Å²) in [4.78, 5) is 12.2. The molecule has 4 N–H and O–H groups in total. The van der Waals surface area contributed by atoms with Crippen LogP contribution in [0.2, 0.25) is 5.02 Å². The number of rotatable bonds is 6. The molecule has 1 aromatic carbocycles. The van der Waals surface area contributed by atoms with Crippen molar-refractivity contribution in [1.82, 2.24) is 10.2 Å². The summed E-state index contributed by atoms with van der Waals surface area (Å²) >= 11 is 6.04. The summed E-state index contributed by atoms with van der Waals surface area (Å²) in [5.74, 6) is 0.839. The van der Waals surface area contributed by atoms with Crippen LogP contribution in [-0.2, 0) is 9.57 Å². The van der Waals surface area contributed by atoms with Crippen LogP contribution in [0.1, 0.15) is 76.9 Å². The molecule has 1 aromatic rings. The van der Waals surface area contributed by atoms with E-state index in [9.17, 15) is 15.3 Å². The molecule has 0 radical (unpaired) electrons. The average Bonchev–Trinajstić information content (AvgIpc) is 3.38. The van der Waals surface area contributed by atoms with Gasteiger partial charge in [-0.3, -0.25) is 4.90 Å². The van der Waals surface area contributed by atoms with Crippen LogP contribution in [0.4, 0.5) is 0 Å². The van der Waals surface area contributed by atoms with Crippen molar-refractivity contribution in [2.45, 2.75) is 101 Å². The maximum atomic E-state index is 11.5. The fourth-order valence-corrected chi connectivity index (χ4v) is 7.18. The molecule has 0 bridgehead atoms. The number of nitrogens with one attached hydrogen (secondary N) is 1. The first-order valence-corrected chi connectivity index (χ1v) is 14.4. The monoisotopic (exact) mass is 548 g/mol. The highest BCUT2D eigenvalue weighted by Gasteiger charge is 2.64. The standard InChI is InChI=1S/C28H41ClN4O5/c1-3-37-32-25-21-15-16-33(28(21,31-17-30-25)19-9-7-5-4-6-8-10-19)26-23(35)27(2,36)24(38-26)22(34)18-11-13-20(29)14-12-18/h11-14,17,19,21-24,26,34-36H,3-10,15-16H2,1-2H3,(H,30,31,32)/t21?,22-,23+,24-,26-,27+,28?/m1/s1. The molecule has 1 saturated carbocycles. The summed E-state index contributed by atoms with van der Waals surface area (Å²) in [6.45, 7) is 4.51. The Bertz CT molecular complexity index is 1010. The maximum absolute atomic E-state index is 11.5. The third-order valence-corrected chi connectivity index (χ3v) is 9.27. The molecular weight excluding hydrogens is 508 g/mol. The number of oxime groups is 1. The van der Waals surface area contributed by atoms with Crippen LogP contribution >= 0.6 is 11.6 Å². The zero-order valence-corrected chi connectivity index (χ0v) is 23.1. The fraction of sp³-hybridized carbons (Fsp3) is 0.714. The lowest BCUT2D eigenvalue weighted by Crippen LogP contribution is -2.69. The molecule has 7 atom stereocenters. The van der Waals surface area contributed by atoms with Gasteiger partial charge in [-0.15, -0.1) is 0 Å². The highest BCUT2D eigenvalue weighted by molar-refractivity contribution is 6.30. The number of hydrogen-bond donors (Lipinski definition) is 4. The highest BCUT2D eigenvalue weighted by atomic mass is 35.5. The lowest BCUT2D eigenvalue weighted by atomic mass is 9.74. The smallest absolute Gasteiger partial charge is 0.176 e. The molecule has 5 rings (SSSR count). The molecule has 38 heavy (non-hydrogen) atoms. The number of benzene rings is 1. The predicted molar refractivity (Wildman–Crippen MR) is 146 cm³/mol. The Morgan fingerprint density at radius 2 is 1.87 bits per heavy atom. The Morgan fingerprint density at radius 3 is 2.55 bits per heavy atom. The molecule has 0 amide bonds. The summed E-state index contributed by atoms with van der Waals surface area (Å²) < 4.78 is 6.44. The first-order chi connectivity index (χ1) is 18.3. The quantitative estimate of drug-likeness (QED) is 0.401. The number of nitrogens with zero attached hydrogens (tertiary/aromatic N) is 3. The van der Waals surface area contributed by atoms with Crippen LogP contribution in [0.5, 0.6) is 0 Å². The van der Waals surface area contributed by atoms with E-state index in [1.165, 1.54) is 26.2 Å². The number of ether oxygens (including phenoxy) is 1. The average molecular weight is 549 g/mol. The normalized spacial score (nSPS) is 38.4. The van der Waals surface area contributed by atoms with E-state index >= 15 is 0 Å². The second-order valence-corrected chi connectivity index (χ2v) is 11.7. The zero-order chi connectivity index (χ0) is 26.9. The van der Waals surface area contributed by atoms with Gasteiger partial charge < -0.3 is 30.2 Å². The Hall–Kier alpha value is -1.75. The van der Waals surface area contributed by atoms with Crippen molar-refractivity contribution in [3.8, 4) is 0 Å². The minimum Gasteiger partial charge on any atom is -0.395 e. The molecular formula is C28H41ClN4O5. The second-order valence-electron chi connectivity index (χ2n) is 11.3. The van der Waals surface area contributed by atoms with Crippen LogP contribution in [0.3, 0.4) is 0 Å². The summed E-state index contributed by atoms with van der Waals surface area (Å²) in [6, 6.07) is 6.81. The van der Waals surface area contributed by atoms with Crippen LogP contribution in [0.25, 0.3) is 0 Å². The van der Waals surface area contributed by atoms with Gasteiger partial charge in [0, 0.05) is 11.6 Å². The molecule has 0 aromatic heterocycles. The lowest BCUT2D eigenvalue weighted by Gasteiger charge is -2.51. The van der Waals surface area contributed by atoms with Gasteiger partial charge in [0.2, 0.25) is 0 Å². The Balaban J connectivity index is 1.50. The van der Waals surface area contributed by atoms with Crippen molar-refractivity contribution in [3.63, 3.8) is 0 Å². The molecule has 3 fully saturated rings. The largest absolute Gasteiger partial charge is 0.395 e. The number of halogens is 1. The van der Waals surface area contributed by atoms with Crippen LogP contribution < -0.4 is 5.32 Å². The highest BCUT2D eigenvalue weighted by Crippen LogP contribution is 2.50. The summed E-state index contributed by atoms with van der Waals surface area (Å²) in [7, 11) is 0. The van der Waals surface area contributed by atoms with Gasteiger partial charge in [0.05, 0.1) is 12.3 Å². The van der Waals surface area contributed by atoms with E-state index in [-0.39, 0.29) is 11.8 Å². The van der Waals surface area contributed by atoms with Crippen molar-refractivity contribution in [2.75, 3.05) is 13.2 Å². The Morgan fingerprint density at radius 1 is 1.18 bits per heavy atom. The number of aliphatic hydroxyl groups is 3. The van der Waals surface area contributed by atoms with Crippen molar-refractivity contribution in [2.24, 2.45) is 22.0 Å². The molecule has 3 heterocycles. The minimum absolute atomic E-state index is 0.0653. The van der Waals surface area contributed by atoms with E-state index < -0.39 is 35.8 Å². The van der Waals surface area contributed by atoms with Gasteiger partial charge in [-0.05, 0) is 56.7 Å². The van der Waals surface area contributed by atoms with Crippen molar-refractivity contribution in [3.05, 3.63) is 34.9 Å². The number of amidine groups is 1. The summed E-state index contributed by atoms with van der Waals surface area (Å²) in [5, 5.41) is 42.8. The Kier molecular flexibility index (Phi) is 8.33. The van der Waals surface area contributed by atoms with Crippen LogP contribution in [0, 0.1) is 11.8 Å². The third kappa shape index (κ3) is 4.86. The lowest BCUT2D eigenvalue weighted by molar-refractivity contribution is -0.157. The van der Waals surface area contributed by atoms with Gasteiger partial charge in [-0.2, -0.15) is 0 Å². The number of aliphatic imine (C=N–C) groups is 1. The predicted octanol–water partition coefficient (Wildman–Crippen LogP) is 3.57. The molecule has 3 aliphatic heterocycles. The first kappa shape index (κ1) is 27.8. The van der Waals surface area contributed by atoms with Gasteiger partial charge >= 0.3 is 0 Å². The van der Waals surface area contributed by atoms with Gasteiger partial charge in [0.1, 0.15) is 42.4 Å². The summed E-state index contributed by atoms with van der Waals surface area (Å²) in [5.41, 5.74) is -1.72. The van der Waals surface area contributed by atoms with Gasteiger partial charge in [0.15, 0.2) is 5.84 Å². The molecule has 9 nitrogen and oxygen atoms in total. The van der Waals surface area contributed by atoms with Gasteiger partial charge in [0.25, 0.3) is 0 Å². The second kappa shape index (κ2) is 11.4. The molecule has 1 aliphatic carbocycles. The van der Waals surface area contributed by atoms with Crippen molar-refractivity contribution >= 4 is 23.8 Å². The topological polar surface area (TPSA) is 119 Å². The third-order valence-electron chi connectivity index (χ3n) is 9.02. The Labute approximate surface area is 229 Å². The minimum atomic E-state index is -1.69. The van der Waals surface area contributed by atoms with Crippen molar-refractivity contribution < 1.29 is 24.9 Å². The molecule has 10 heteroatoms. The van der Waals surface area contributed by atoms with Crippen LogP contribution in [0.15, 0.2) is 34.4 Å².